The molecule has 3 amide bonds. The Morgan fingerprint density at radius 3 is 2.40 bits per heavy atom. The predicted molar refractivity (Wildman–Crippen MR) is 116 cm³/mol. The third-order valence-electron chi connectivity index (χ3n) is 4.05. The molecule has 0 fully saturated rings. The second kappa shape index (κ2) is 9.00. The van der Waals surface area contributed by atoms with Gasteiger partial charge in [-0.2, -0.15) is 0 Å². The van der Waals surface area contributed by atoms with E-state index in [0.29, 0.717) is 27.9 Å². The third-order valence-corrected chi connectivity index (χ3v) is 4.99. The van der Waals surface area contributed by atoms with E-state index in [1.807, 2.05) is 32.9 Å². The van der Waals surface area contributed by atoms with Gasteiger partial charge in [0.15, 0.2) is 5.82 Å². The number of nitrogens with one attached hydrogen (secondary N) is 3. The van der Waals surface area contributed by atoms with Crippen molar-refractivity contribution in [2.24, 2.45) is 0 Å². The van der Waals surface area contributed by atoms with Crippen LogP contribution in [0.4, 0.5) is 16.3 Å². The fourth-order valence-electron chi connectivity index (χ4n) is 2.44. The summed E-state index contributed by atoms with van der Waals surface area (Å²) in [7, 11) is 1.59. The minimum absolute atomic E-state index is 0.161. The fraction of sp³-hybridized carbons (Fsp3) is 0.238. The number of aromatic nitrogens is 2. The number of carbonyl (C=O) groups is 2. The molecule has 3 aromatic rings. The molecule has 0 atom stereocenters. The largest absolute Gasteiger partial charge is 0.359 e. The maximum Gasteiger partial charge on any atom is 0.324 e. The quantitative estimate of drug-likeness (QED) is 0.554. The Bertz CT molecular complexity index is 1040. The van der Waals surface area contributed by atoms with Crippen molar-refractivity contribution in [1.29, 1.82) is 0 Å². The summed E-state index contributed by atoms with van der Waals surface area (Å²) in [4.78, 5) is 29.1. The lowest BCUT2D eigenvalue weighted by molar-refractivity contribution is 0.0962. The molecule has 0 aliphatic rings. The average Bonchev–Trinajstić information content (AvgIpc) is 3.18. The molecular formula is C21H23N5O3S. The molecule has 3 rings (SSSR count). The van der Waals surface area contributed by atoms with Crippen LogP contribution in [0.5, 0.6) is 0 Å². The Labute approximate surface area is 178 Å². The summed E-state index contributed by atoms with van der Waals surface area (Å²) in [5, 5.41) is 12.6. The molecule has 3 N–H and O–H groups in total. The SMILES string of the molecule is CNC(=O)c1ccnc(Sc2ccc(NC(=O)Nc3cc(C(C)(C)C)on3)cc2)c1. The minimum atomic E-state index is -0.413. The number of hydrogen-bond acceptors (Lipinski definition) is 6. The highest BCUT2D eigenvalue weighted by Crippen LogP contribution is 2.28. The molecule has 0 aliphatic heterocycles. The zero-order chi connectivity index (χ0) is 21.7. The molecule has 0 bridgehead atoms. The summed E-state index contributed by atoms with van der Waals surface area (Å²) < 4.78 is 5.26. The lowest BCUT2D eigenvalue weighted by Crippen LogP contribution is -2.19. The van der Waals surface area contributed by atoms with Crippen LogP contribution in [-0.4, -0.2) is 29.1 Å². The van der Waals surface area contributed by atoms with E-state index in [0.717, 1.165) is 4.90 Å². The highest BCUT2D eigenvalue weighted by atomic mass is 32.2. The molecule has 30 heavy (non-hydrogen) atoms. The first-order valence-corrected chi connectivity index (χ1v) is 10.1. The van der Waals surface area contributed by atoms with Gasteiger partial charge < -0.3 is 15.2 Å². The summed E-state index contributed by atoms with van der Waals surface area (Å²) in [6, 6.07) is 12.0. The van der Waals surface area contributed by atoms with Crippen LogP contribution in [-0.2, 0) is 5.41 Å². The number of carbonyl (C=O) groups excluding carboxylic acids is 2. The van der Waals surface area contributed by atoms with Crippen molar-refractivity contribution in [3.63, 3.8) is 0 Å². The molecule has 0 saturated heterocycles. The molecule has 1 aromatic carbocycles. The number of urea groups is 1. The van der Waals surface area contributed by atoms with Gasteiger partial charge in [-0.05, 0) is 36.4 Å². The molecule has 0 spiro atoms. The van der Waals surface area contributed by atoms with Crippen molar-refractivity contribution < 1.29 is 14.1 Å². The monoisotopic (exact) mass is 425 g/mol. The number of pyridine rings is 1. The fourth-order valence-corrected chi connectivity index (χ4v) is 3.26. The number of anilines is 2. The highest BCUT2D eigenvalue weighted by Gasteiger charge is 2.20. The van der Waals surface area contributed by atoms with Crippen LogP contribution >= 0.6 is 11.8 Å². The van der Waals surface area contributed by atoms with Gasteiger partial charge in [0, 0.05) is 40.9 Å². The van der Waals surface area contributed by atoms with E-state index >= 15 is 0 Å². The van der Waals surface area contributed by atoms with Crippen molar-refractivity contribution in [2.45, 2.75) is 36.1 Å². The Hall–Kier alpha value is -3.33. The van der Waals surface area contributed by atoms with Gasteiger partial charge in [0.2, 0.25) is 0 Å². The number of benzene rings is 1. The Morgan fingerprint density at radius 1 is 1.03 bits per heavy atom. The summed E-state index contributed by atoms with van der Waals surface area (Å²) in [5.74, 6) is 0.881. The highest BCUT2D eigenvalue weighted by molar-refractivity contribution is 7.99. The van der Waals surface area contributed by atoms with Gasteiger partial charge in [-0.1, -0.05) is 37.7 Å². The van der Waals surface area contributed by atoms with Gasteiger partial charge in [-0.3, -0.25) is 10.1 Å². The van der Waals surface area contributed by atoms with Crippen LogP contribution in [0.2, 0.25) is 0 Å². The van der Waals surface area contributed by atoms with Crippen LogP contribution in [0.3, 0.4) is 0 Å². The van der Waals surface area contributed by atoms with Crippen LogP contribution in [0, 0.1) is 0 Å². The maximum atomic E-state index is 12.2. The minimum Gasteiger partial charge on any atom is -0.359 e. The lowest BCUT2D eigenvalue weighted by atomic mass is 9.93. The molecule has 0 saturated carbocycles. The standard InChI is InChI=1S/C21H23N5O3S/c1-21(2,3)16-12-17(26-29-16)25-20(28)24-14-5-7-15(8-6-14)30-18-11-13(9-10-23-18)19(27)22-4/h5-12H,1-4H3,(H,22,27)(H2,24,25,26,28). The Kier molecular flexibility index (Phi) is 6.41. The topological polar surface area (TPSA) is 109 Å². The van der Waals surface area contributed by atoms with Crippen molar-refractivity contribution in [2.75, 3.05) is 17.7 Å². The molecular weight excluding hydrogens is 402 g/mol. The third kappa shape index (κ3) is 5.60. The zero-order valence-corrected chi connectivity index (χ0v) is 18.0. The molecule has 0 aliphatic carbocycles. The van der Waals surface area contributed by atoms with Crippen LogP contribution in [0.15, 0.2) is 63.1 Å². The Morgan fingerprint density at radius 2 is 1.77 bits per heavy atom. The molecule has 9 heteroatoms. The van der Waals surface area contributed by atoms with Gasteiger partial charge in [-0.25, -0.2) is 9.78 Å². The van der Waals surface area contributed by atoms with Crippen LogP contribution in [0.25, 0.3) is 0 Å². The predicted octanol–water partition coefficient (Wildman–Crippen LogP) is 4.52. The van der Waals surface area contributed by atoms with E-state index in [4.69, 9.17) is 4.52 Å². The van der Waals surface area contributed by atoms with Gasteiger partial charge in [0.1, 0.15) is 10.8 Å². The summed E-state index contributed by atoms with van der Waals surface area (Å²) >= 11 is 1.42. The zero-order valence-electron chi connectivity index (χ0n) is 17.1. The second-order valence-electron chi connectivity index (χ2n) is 7.49. The van der Waals surface area contributed by atoms with Gasteiger partial charge >= 0.3 is 6.03 Å². The molecule has 8 nitrogen and oxygen atoms in total. The first-order chi connectivity index (χ1) is 14.2. The normalized spacial score (nSPS) is 11.1. The van der Waals surface area contributed by atoms with E-state index in [1.54, 1.807) is 43.6 Å². The van der Waals surface area contributed by atoms with Gasteiger partial charge in [0.25, 0.3) is 5.91 Å². The molecule has 2 aromatic heterocycles. The van der Waals surface area contributed by atoms with E-state index in [1.165, 1.54) is 11.8 Å². The first-order valence-electron chi connectivity index (χ1n) is 9.26. The van der Waals surface area contributed by atoms with Crippen molar-refractivity contribution >= 4 is 35.2 Å². The number of rotatable bonds is 5. The van der Waals surface area contributed by atoms with Crippen LogP contribution < -0.4 is 16.0 Å². The molecule has 156 valence electrons. The average molecular weight is 426 g/mol. The van der Waals surface area contributed by atoms with Crippen LogP contribution in [0.1, 0.15) is 36.9 Å². The van der Waals surface area contributed by atoms with Crippen molar-refractivity contribution in [3.05, 3.63) is 60.0 Å². The van der Waals surface area contributed by atoms with E-state index in [2.05, 4.69) is 26.1 Å². The van der Waals surface area contributed by atoms with E-state index < -0.39 is 6.03 Å². The number of amides is 3. The number of hydrogen-bond donors (Lipinski definition) is 3. The molecule has 0 unspecified atom stereocenters. The van der Waals surface area contributed by atoms with Gasteiger partial charge in [0.05, 0.1) is 0 Å². The lowest BCUT2D eigenvalue weighted by Gasteiger charge is -2.12. The van der Waals surface area contributed by atoms with Crippen molar-refractivity contribution in [1.82, 2.24) is 15.5 Å². The number of nitrogens with zero attached hydrogens (tertiary/aromatic N) is 2. The van der Waals surface area contributed by atoms with E-state index in [-0.39, 0.29) is 11.3 Å². The summed E-state index contributed by atoms with van der Waals surface area (Å²) in [5.41, 5.74) is 0.988. The Balaban J connectivity index is 1.58. The second-order valence-corrected chi connectivity index (χ2v) is 8.59. The summed E-state index contributed by atoms with van der Waals surface area (Å²) in [6.45, 7) is 6.00. The molecule has 0 radical (unpaired) electrons. The first kappa shape index (κ1) is 21.4. The summed E-state index contributed by atoms with van der Waals surface area (Å²) in [6.07, 6.45) is 1.60. The smallest absolute Gasteiger partial charge is 0.324 e. The van der Waals surface area contributed by atoms with E-state index in [9.17, 15) is 9.59 Å². The molecule has 2 heterocycles. The maximum absolute atomic E-state index is 12.2. The van der Waals surface area contributed by atoms with Crippen molar-refractivity contribution in [3.8, 4) is 0 Å². The van der Waals surface area contributed by atoms with Gasteiger partial charge in [-0.15, -0.1) is 0 Å².